The molecule has 5 unspecified atom stereocenters. The molecule has 1 aliphatic heterocycles. The summed E-state index contributed by atoms with van der Waals surface area (Å²) in [6, 6.07) is 2.72. The lowest BCUT2D eigenvalue weighted by Gasteiger charge is -2.30. The minimum Gasteiger partial charge on any atom is -0.335 e. The van der Waals surface area contributed by atoms with E-state index in [1.165, 1.54) is 44.1 Å². The first-order valence-corrected chi connectivity index (χ1v) is 11.2. The minimum atomic E-state index is 0.393. The van der Waals surface area contributed by atoms with E-state index in [0.29, 0.717) is 23.3 Å². The maximum absolute atomic E-state index is 13.6. The Morgan fingerprint density at radius 2 is 2.00 bits per heavy atom. The van der Waals surface area contributed by atoms with Gasteiger partial charge in [0.2, 0.25) is 5.91 Å². The van der Waals surface area contributed by atoms with Gasteiger partial charge in [0.05, 0.1) is 0 Å². The van der Waals surface area contributed by atoms with Gasteiger partial charge in [-0.2, -0.15) is 11.3 Å². The van der Waals surface area contributed by atoms with Gasteiger partial charge in [0.1, 0.15) is 0 Å². The molecule has 1 amide bonds. The first kappa shape index (κ1) is 15.2. The molecular formula is C21H28N2OS. The summed E-state index contributed by atoms with van der Waals surface area (Å²) in [5.74, 6) is 4.22. The summed E-state index contributed by atoms with van der Waals surface area (Å²) < 4.78 is 0. The normalized spacial score (nSPS) is 42.4. The molecule has 3 nitrogen and oxygen atoms in total. The topological polar surface area (TPSA) is 32.3 Å². The van der Waals surface area contributed by atoms with Gasteiger partial charge in [0.25, 0.3) is 0 Å². The molecule has 134 valence electrons. The Bertz CT molecular complexity index is 664. The first-order chi connectivity index (χ1) is 12.3. The highest BCUT2D eigenvalue weighted by Crippen LogP contribution is 2.70. The van der Waals surface area contributed by atoms with E-state index in [4.69, 9.17) is 0 Å². The number of nitrogens with zero attached hydrogens (tertiary/aromatic N) is 1. The molecule has 5 aliphatic rings. The summed E-state index contributed by atoms with van der Waals surface area (Å²) in [4.78, 5) is 15.9. The lowest BCUT2D eigenvalue weighted by molar-refractivity contribution is -0.135. The summed E-state index contributed by atoms with van der Waals surface area (Å²) in [5.41, 5.74) is 1.78. The van der Waals surface area contributed by atoms with Crippen LogP contribution in [0.2, 0.25) is 0 Å². The molecule has 1 aromatic rings. The molecule has 0 aromatic carbocycles. The van der Waals surface area contributed by atoms with Crippen LogP contribution in [0, 0.1) is 35.0 Å². The van der Waals surface area contributed by atoms with Gasteiger partial charge in [-0.05, 0) is 103 Å². The van der Waals surface area contributed by atoms with Crippen molar-refractivity contribution in [2.24, 2.45) is 35.0 Å². The van der Waals surface area contributed by atoms with Gasteiger partial charge in [-0.1, -0.05) is 0 Å². The number of carbonyl (C=O) groups is 1. The molecule has 25 heavy (non-hydrogen) atoms. The molecule has 1 aromatic heterocycles. The number of thiophene rings is 1. The van der Waals surface area contributed by atoms with Gasteiger partial charge in [-0.3, -0.25) is 4.79 Å². The molecule has 4 heteroatoms. The van der Waals surface area contributed by atoms with E-state index in [9.17, 15) is 4.79 Å². The maximum Gasteiger partial charge on any atom is 0.226 e. The summed E-state index contributed by atoms with van der Waals surface area (Å²) in [5, 5.41) is 7.88. The highest BCUT2D eigenvalue weighted by atomic mass is 32.1. The van der Waals surface area contributed by atoms with Crippen molar-refractivity contribution < 1.29 is 4.79 Å². The number of hydrogen-bond acceptors (Lipinski definition) is 3. The van der Waals surface area contributed by atoms with Crippen LogP contribution < -0.4 is 5.32 Å². The molecule has 5 fully saturated rings. The number of piperidine rings is 1. The van der Waals surface area contributed by atoms with Gasteiger partial charge in [0.15, 0.2) is 0 Å². The zero-order valence-electron chi connectivity index (χ0n) is 14.8. The third-order valence-corrected chi connectivity index (χ3v) is 9.09. The van der Waals surface area contributed by atoms with Crippen LogP contribution in [0.25, 0.3) is 0 Å². The van der Waals surface area contributed by atoms with Crippen LogP contribution >= 0.6 is 11.3 Å². The monoisotopic (exact) mass is 356 g/mol. The van der Waals surface area contributed by atoms with Crippen LogP contribution in [0.4, 0.5) is 0 Å². The quantitative estimate of drug-likeness (QED) is 0.895. The second kappa shape index (κ2) is 5.32. The standard InChI is InChI=1S/C21H28N2OS/c24-20(19-17-14-1-2-15(9-14)18(17)19)23(11-13-3-8-25-12-13)16-10-21(16)4-6-22-7-5-21/h3,8,12,14-19,22H,1-2,4-7,9-11H2. The van der Waals surface area contributed by atoms with E-state index in [1.54, 1.807) is 11.3 Å². The summed E-state index contributed by atoms with van der Waals surface area (Å²) in [6.07, 6.45) is 8.00. The van der Waals surface area contributed by atoms with E-state index < -0.39 is 0 Å². The molecule has 4 aliphatic carbocycles. The third kappa shape index (κ3) is 2.22. The van der Waals surface area contributed by atoms with Crippen molar-refractivity contribution in [3.63, 3.8) is 0 Å². The van der Waals surface area contributed by atoms with E-state index in [1.807, 2.05) is 0 Å². The van der Waals surface area contributed by atoms with Crippen molar-refractivity contribution >= 4 is 17.2 Å². The third-order valence-electron chi connectivity index (χ3n) is 8.36. The molecule has 1 spiro atoms. The number of fused-ring (bicyclic) bond motifs is 5. The van der Waals surface area contributed by atoms with Crippen molar-refractivity contribution in [1.29, 1.82) is 0 Å². The fourth-order valence-corrected chi connectivity index (χ4v) is 7.66. The largest absolute Gasteiger partial charge is 0.335 e. The van der Waals surface area contributed by atoms with Gasteiger partial charge in [-0.15, -0.1) is 0 Å². The van der Waals surface area contributed by atoms with E-state index in [-0.39, 0.29) is 0 Å². The highest BCUT2D eigenvalue weighted by molar-refractivity contribution is 7.07. The van der Waals surface area contributed by atoms with Crippen LogP contribution in [0.1, 0.15) is 44.1 Å². The molecule has 1 N–H and O–H groups in total. The highest BCUT2D eigenvalue weighted by Gasteiger charge is 2.69. The number of nitrogens with one attached hydrogen (secondary N) is 1. The Morgan fingerprint density at radius 3 is 2.68 bits per heavy atom. The molecule has 0 radical (unpaired) electrons. The van der Waals surface area contributed by atoms with Crippen molar-refractivity contribution in [3.05, 3.63) is 22.4 Å². The zero-order chi connectivity index (χ0) is 16.6. The first-order valence-electron chi connectivity index (χ1n) is 10.3. The van der Waals surface area contributed by atoms with Crippen LogP contribution in [-0.2, 0) is 11.3 Å². The summed E-state index contributed by atoms with van der Waals surface area (Å²) in [7, 11) is 0. The fraction of sp³-hybridized carbons (Fsp3) is 0.762. The van der Waals surface area contributed by atoms with Crippen LogP contribution in [-0.4, -0.2) is 29.9 Å². The fourth-order valence-electron chi connectivity index (χ4n) is 7.00. The second-order valence-corrected chi connectivity index (χ2v) is 10.2. The van der Waals surface area contributed by atoms with E-state index in [2.05, 4.69) is 27.0 Å². The van der Waals surface area contributed by atoms with Crippen molar-refractivity contribution in [3.8, 4) is 0 Å². The number of hydrogen-bond donors (Lipinski definition) is 1. The Balaban J connectivity index is 1.24. The van der Waals surface area contributed by atoms with Crippen LogP contribution in [0.3, 0.4) is 0 Å². The van der Waals surface area contributed by atoms with E-state index >= 15 is 0 Å². The van der Waals surface area contributed by atoms with Gasteiger partial charge >= 0.3 is 0 Å². The molecule has 4 saturated carbocycles. The minimum absolute atomic E-state index is 0.393. The Kier molecular flexibility index (Phi) is 3.24. The van der Waals surface area contributed by atoms with Gasteiger partial charge < -0.3 is 10.2 Å². The number of carbonyl (C=O) groups excluding carboxylic acids is 1. The molecule has 1 saturated heterocycles. The smallest absolute Gasteiger partial charge is 0.226 e. The van der Waals surface area contributed by atoms with Crippen LogP contribution in [0.5, 0.6) is 0 Å². The lowest BCUT2D eigenvalue weighted by atomic mass is 9.93. The molecule has 6 rings (SSSR count). The average molecular weight is 357 g/mol. The molecule has 2 heterocycles. The molecule has 5 atom stereocenters. The Hall–Kier alpha value is -0.870. The zero-order valence-corrected chi connectivity index (χ0v) is 15.6. The summed E-state index contributed by atoms with van der Waals surface area (Å²) in [6.45, 7) is 3.12. The predicted molar refractivity (Wildman–Crippen MR) is 99.1 cm³/mol. The average Bonchev–Trinajstić information content (AvgIpc) is 3.27. The SMILES string of the molecule is O=C(C1C2C3CCC(C3)C12)N(Cc1ccsc1)C1CC12CCNCC2. The number of amides is 1. The Labute approximate surface area is 154 Å². The van der Waals surface area contributed by atoms with Gasteiger partial charge in [0, 0.05) is 18.5 Å². The van der Waals surface area contributed by atoms with E-state index in [0.717, 1.165) is 43.3 Å². The maximum atomic E-state index is 13.6. The second-order valence-electron chi connectivity index (χ2n) is 9.44. The molecular weight excluding hydrogens is 328 g/mol. The van der Waals surface area contributed by atoms with Crippen molar-refractivity contribution in [2.45, 2.75) is 51.1 Å². The predicted octanol–water partition coefficient (Wildman–Crippen LogP) is 3.51. The lowest BCUT2D eigenvalue weighted by Crippen LogP contribution is -2.40. The number of rotatable bonds is 4. The van der Waals surface area contributed by atoms with Crippen molar-refractivity contribution in [2.75, 3.05) is 13.1 Å². The summed E-state index contributed by atoms with van der Waals surface area (Å²) >= 11 is 1.76. The Morgan fingerprint density at radius 1 is 1.24 bits per heavy atom. The van der Waals surface area contributed by atoms with Gasteiger partial charge in [-0.25, -0.2) is 0 Å². The van der Waals surface area contributed by atoms with Crippen LogP contribution in [0.15, 0.2) is 16.8 Å². The molecule has 2 bridgehead atoms. The van der Waals surface area contributed by atoms with Crippen molar-refractivity contribution in [1.82, 2.24) is 10.2 Å².